The molecule has 0 bridgehead atoms. The van der Waals surface area contributed by atoms with E-state index < -0.39 is 0 Å². The van der Waals surface area contributed by atoms with Gasteiger partial charge in [0.05, 0.1) is 17.3 Å². The molecular formula is C44H30N2O. The van der Waals surface area contributed by atoms with Gasteiger partial charge in [0.2, 0.25) is 0 Å². The van der Waals surface area contributed by atoms with Gasteiger partial charge >= 0.3 is 0 Å². The van der Waals surface area contributed by atoms with Gasteiger partial charge in [0.25, 0.3) is 0 Å². The van der Waals surface area contributed by atoms with Crippen molar-refractivity contribution in [3.8, 4) is 28.3 Å². The fourth-order valence-electron chi connectivity index (χ4n) is 7.50. The molecule has 3 heteroatoms. The first-order valence-corrected chi connectivity index (χ1v) is 16.0. The Bertz CT molecular complexity index is 2550. The number of para-hydroxylation sites is 1. The average Bonchev–Trinajstić information content (AvgIpc) is 3.62. The van der Waals surface area contributed by atoms with Gasteiger partial charge in [-0.3, -0.25) is 0 Å². The van der Waals surface area contributed by atoms with Crippen LogP contribution in [0.4, 0.5) is 17.1 Å². The van der Waals surface area contributed by atoms with Gasteiger partial charge in [-0.25, -0.2) is 0 Å². The standard InChI is InChI=1S/C44H30N2O/c1-44(2)39-12-6-5-10-35(39)38-26-33(23-25-40(38)44)46(32-21-18-30(19-22-32)29-16-14-28(27-45)15-17-29)41-13-7-11-36-37-24-20-31-8-3-4-9-34(31)42(37)47-43(36)41/h3-26H,1-2H3. The Morgan fingerprint density at radius 2 is 1.21 bits per heavy atom. The summed E-state index contributed by atoms with van der Waals surface area (Å²) in [6, 6.07) is 53.5. The van der Waals surface area contributed by atoms with Crippen LogP contribution in [0.15, 0.2) is 150 Å². The summed E-state index contributed by atoms with van der Waals surface area (Å²) in [5.41, 5.74) is 12.9. The predicted octanol–water partition coefficient (Wildman–Crippen LogP) is 12.1. The monoisotopic (exact) mass is 602 g/mol. The lowest BCUT2D eigenvalue weighted by Crippen LogP contribution is -2.15. The first-order chi connectivity index (χ1) is 23.0. The third kappa shape index (κ3) is 4.12. The third-order valence-corrected chi connectivity index (χ3v) is 9.91. The van der Waals surface area contributed by atoms with E-state index in [1.807, 2.05) is 24.3 Å². The van der Waals surface area contributed by atoms with Gasteiger partial charge in [-0.2, -0.15) is 5.26 Å². The SMILES string of the molecule is CC1(C)c2ccccc2-c2cc(N(c3ccc(-c4ccc(C#N)cc4)cc3)c3cccc4c3oc3c5ccccc5ccc43)ccc21. The zero-order valence-corrected chi connectivity index (χ0v) is 26.2. The highest BCUT2D eigenvalue weighted by Crippen LogP contribution is 2.51. The third-order valence-electron chi connectivity index (χ3n) is 9.91. The van der Waals surface area contributed by atoms with E-state index in [1.54, 1.807) is 0 Å². The van der Waals surface area contributed by atoms with Crippen LogP contribution in [0.1, 0.15) is 30.5 Å². The van der Waals surface area contributed by atoms with E-state index in [0.29, 0.717) is 5.56 Å². The molecular weight excluding hydrogens is 572 g/mol. The van der Waals surface area contributed by atoms with E-state index in [0.717, 1.165) is 60.9 Å². The van der Waals surface area contributed by atoms with Crippen LogP contribution < -0.4 is 4.90 Å². The number of anilines is 3. The molecule has 9 rings (SSSR count). The fraction of sp³-hybridized carbons (Fsp3) is 0.0682. The number of rotatable bonds is 4. The molecule has 1 heterocycles. The molecule has 0 saturated carbocycles. The molecule has 0 aliphatic heterocycles. The second-order valence-corrected chi connectivity index (χ2v) is 12.9. The normalized spacial score (nSPS) is 13.0. The summed E-state index contributed by atoms with van der Waals surface area (Å²) in [6.07, 6.45) is 0. The average molecular weight is 603 g/mol. The molecule has 0 atom stereocenters. The highest BCUT2D eigenvalue weighted by Gasteiger charge is 2.35. The lowest BCUT2D eigenvalue weighted by molar-refractivity contribution is 0.660. The van der Waals surface area contributed by atoms with Gasteiger partial charge in [0.15, 0.2) is 5.58 Å². The van der Waals surface area contributed by atoms with Crippen molar-refractivity contribution in [3.63, 3.8) is 0 Å². The molecule has 0 saturated heterocycles. The van der Waals surface area contributed by atoms with E-state index in [1.165, 1.54) is 22.3 Å². The van der Waals surface area contributed by atoms with Gasteiger partial charge in [-0.05, 0) is 87.3 Å². The lowest BCUT2D eigenvalue weighted by Gasteiger charge is -2.27. The van der Waals surface area contributed by atoms with Crippen molar-refractivity contribution in [2.24, 2.45) is 0 Å². The van der Waals surface area contributed by atoms with E-state index >= 15 is 0 Å². The molecule has 1 aromatic heterocycles. The molecule has 0 amide bonds. The van der Waals surface area contributed by atoms with Crippen LogP contribution in [0.5, 0.6) is 0 Å². The van der Waals surface area contributed by atoms with Crippen LogP contribution >= 0.6 is 0 Å². The largest absolute Gasteiger partial charge is 0.453 e. The Labute approximate surface area is 273 Å². The summed E-state index contributed by atoms with van der Waals surface area (Å²) in [5.74, 6) is 0. The molecule has 47 heavy (non-hydrogen) atoms. The summed E-state index contributed by atoms with van der Waals surface area (Å²) in [6.45, 7) is 4.63. The second-order valence-electron chi connectivity index (χ2n) is 12.9. The molecule has 8 aromatic rings. The van der Waals surface area contributed by atoms with Gasteiger partial charge in [-0.15, -0.1) is 0 Å². The molecule has 222 valence electrons. The summed E-state index contributed by atoms with van der Waals surface area (Å²) in [7, 11) is 0. The van der Waals surface area contributed by atoms with Crippen LogP contribution in [0.25, 0.3) is 55.0 Å². The molecule has 3 nitrogen and oxygen atoms in total. The summed E-state index contributed by atoms with van der Waals surface area (Å²) < 4.78 is 6.85. The highest BCUT2D eigenvalue weighted by atomic mass is 16.3. The quantitative estimate of drug-likeness (QED) is 0.201. The van der Waals surface area contributed by atoms with Crippen molar-refractivity contribution in [1.82, 2.24) is 0 Å². The molecule has 0 N–H and O–H groups in total. The Hall–Kier alpha value is -6.11. The van der Waals surface area contributed by atoms with Crippen LogP contribution in [-0.4, -0.2) is 0 Å². The Morgan fingerprint density at radius 1 is 0.553 bits per heavy atom. The van der Waals surface area contributed by atoms with E-state index in [2.05, 4.69) is 146 Å². The number of nitrogens with zero attached hydrogens (tertiary/aromatic N) is 2. The molecule has 0 fully saturated rings. The summed E-state index contributed by atoms with van der Waals surface area (Å²) in [5, 5.41) is 13.7. The number of benzene rings is 7. The fourth-order valence-corrected chi connectivity index (χ4v) is 7.50. The minimum Gasteiger partial charge on any atom is -0.453 e. The van der Waals surface area contributed by atoms with Crippen LogP contribution in [0.2, 0.25) is 0 Å². The van der Waals surface area contributed by atoms with Crippen LogP contribution in [0, 0.1) is 11.3 Å². The maximum Gasteiger partial charge on any atom is 0.159 e. The number of nitriles is 1. The molecule has 0 unspecified atom stereocenters. The number of furan rings is 1. The summed E-state index contributed by atoms with van der Waals surface area (Å²) in [4.78, 5) is 2.32. The predicted molar refractivity (Wildman–Crippen MR) is 194 cm³/mol. The van der Waals surface area contributed by atoms with Crippen molar-refractivity contribution >= 4 is 49.8 Å². The Kier molecular flexibility index (Phi) is 5.91. The Morgan fingerprint density at radius 3 is 2.02 bits per heavy atom. The van der Waals surface area contributed by atoms with E-state index in [4.69, 9.17) is 4.42 Å². The minimum atomic E-state index is -0.0716. The summed E-state index contributed by atoms with van der Waals surface area (Å²) >= 11 is 0. The van der Waals surface area contributed by atoms with Crippen molar-refractivity contribution < 1.29 is 4.42 Å². The highest BCUT2D eigenvalue weighted by molar-refractivity contribution is 6.17. The topological polar surface area (TPSA) is 40.2 Å². The van der Waals surface area contributed by atoms with Crippen LogP contribution in [0.3, 0.4) is 0 Å². The van der Waals surface area contributed by atoms with Gasteiger partial charge in [-0.1, -0.05) is 111 Å². The van der Waals surface area contributed by atoms with Crippen molar-refractivity contribution in [2.75, 3.05) is 4.90 Å². The molecule has 7 aromatic carbocycles. The lowest BCUT2D eigenvalue weighted by atomic mass is 9.82. The Balaban J connectivity index is 1.26. The number of hydrogen-bond acceptors (Lipinski definition) is 3. The maximum atomic E-state index is 9.26. The van der Waals surface area contributed by atoms with Crippen LogP contribution in [-0.2, 0) is 5.41 Å². The zero-order chi connectivity index (χ0) is 31.7. The smallest absolute Gasteiger partial charge is 0.159 e. The van der Waals surface area contributed by atoms with Crippen molar-refractivity contribution in [1.29, 1.82) is 5.26 Å². The minimum absolute atomic E-state index is 0.0716. The van der Waals surface area contributed by atoms with Crippen molar-refractivity contribution in [3.05, 3.63) is 162 Å². The van der Waals surface area contributed by atoms with Gasteiger partial charge in [0, 0.05) is 32.9 Å². The van der Waals surface area contributed by atoms with E-state index in [-0.39, 0.29) is 5.41 Å². The molecule has 0 spiro atoms. The van der Waals surface area contributed by atoms with E-state index in [9.17, 15) is 5.26 Å². The van der Waals surface area contributed by atoms with Gasteiger partial charge in [0.1, 0.15) is 5.58 Å². The molecule has 1 aliphatic rings. The van der Waals surface area contributed by atoms with Gasteiger partial charge < -0.3 is 9.32 Å². The number of hydrogen-bond donors (Lipinski definition) is 0. The second kappa shape index (κ2) is 10.2. The maximum absolute atomic E-state index is 9.26. The molecule has 1 aliphatic carbocycles. The first-order valence-electron chi connectivity index (χ1n) is 16.0. The molecule has 0 radical (unpaired) electrons. The first kappa shape index (κ1) is 27.2. The van der Waals surface area contributed by atoms with Crippen molar-refractivity contribution in [2.45, 2.75) is 19.3 Å². The zero-order valence-electron chi connectivity index (χ0n) is 26.2. The number of fused-ring (bicyclic) bond motifs is 8.